The zero-order valence-corrected chi connectivity index (χ0v) is 18.7. The molecule has 0 N–H and O–H groups in total. The van der Waals surface area contributed by atoms with Crippen LogP contribution >= 0.6 is 0 Å². The number of methoxy groups -OCH3 is 2. The van der Waals surface area contributed by atoms with Crippen LogP contribution in [-0.2, 0) is 4.79 Å². The topological polar surface area (TPSA) is 51.2 Å². The summed E-state index contributed by atoms with van der Waals surface area (Å²) in [5.41, 5.74) is 1.97. The molecule has 1 saturated heterocycles. The van der Waals surface area contributed by atoms with Crippen molar-refractivity contribution < 1.29 is 19.0 Å². The lowest BCUT2D eigenvalue weighted by Crippen LogP contribution is -2.48. The third-order valence-electron chi connectivity index (χ3n) is 5.38. The number of hydrogen-bond acceptors (Lipinski definition) is 5. The lowest BCUT2D eigenvalue weighted by atomic mass is 10.1. The quantitative estimate of drug-likeness (QED) is 0.445. The lowest BCUT2D eigenvalue weighted by Gasteiger charge is -2.36. The maximum atomic E-state index is 12.7. The predicted molar refractivity (Wildman–Crippen MR) is 124 cm³/mol. The Balaban J connectivity index is 1.57. The molecule has 31 heavy (non-hydrogen) atoms. The van der Waals surface area contributed by atoms with Crippen molar-refractivity contribution in [3.63, 3.8) is 0 Å². The minimum absolute atomic E-state index is 0.0157. The van der Waals surface area contributed by atoms with E-state index in [1.165, 1.54) is 0 Å². The molecule has 0 aliphatic carbocycles. The van der Waals surface area contributed by atoms with Gasteiger partial charge in [-0.25, -0.2) is 0 Å². The maximum Gasteiger partial charge on any atom is 0.246 e. The molecule has 166 valence electrons. The van der Waals surface area contributed by atoms with E-state index in [1.54, 1.807) is 20.3 Å². The summed E-state index contributed by atoms with van der Waals surface area (Å²) in [5, 5.41) is 0. The van der Waals surface area contributed by atoms with Crippen LogP contribution in [0.5, 0.6) is 17.2 Å². The van der Waals surface area contributed by atoms with Gasteiger partial charge in [0.25, 0.3) is 0 Å². The van der Waals surface area contributed by atoms with Gasteiger partial charge in [0.15, 0.2) is 11.5 Å². The van der Waals surface area contributed by atoms with Crippen LogP contribution in [0.4, 0.5) is 5.69 Å². The first kappa shape index (κ1) is 22.5. The standard InChI is InChI=1S/C25H32N2O4/c1-4-5-18-31-23-12-10-20(19-24(23)30-3)11-13-25(28)27-16-14-26(15-17-27)21-8-6-7-9-22(21)29-2/h6-13,19H,4-5,14-18H2,1-3H3/b13-11+. The highest BCUT2D eigenvalue weighted by Gasteiger charge is 2.21. The summed E-state index contributed by atoms with van der Waals surface area (Å²) >= 11 is 0. The van der Waals surface area contributed by atoms with E-state index in [9.17, 15) is 4.79 Å². The molecule has 0 bridgehead atoms. The molecule has 1 aliphatic heterocycles. The van der Waals surface area contributed by atoms with Crippen LogP contribution in [0.2, 0.25) is 0 Å². The van der Waals surface area contributed by atoms with Crippen LogP contribution in [0.15, 0.2) is 48.5 Å². The lowest BCUT2D eigenvalue weighted by molar-refractivity contribution is -0.126. The smallest absolute Gasteiger partial charge is 0.246 e. The second-order valence-electron chi connectivity index (χ2n) is 7.43. The second kappa shape index (κ2) is 11.3. The Morgan fingerprint density at radius 2 is 1.71 bits per heavy atom. The van der Waals surface area contributed by atoms with E-state index in [4.69, 9.17) is 14.2 Å². The molecule has 1 amide bonds. The summed E-state index contributed by atoms with van der Waals surface area (Å²) in [5.74, 6) is 2.28. The van der Waals surface area contributed by atoms with E-state index in [0.29, 0.717) is 25.4 Å². The van der Waals surface area contributed by atoms with Crippen molar-refractivity contribution in [1.82, 2.24) is 4.90 Å². The third-order valence-corrected chi connectivity index (χ3v) is 5.38. The number of benzene rings is 2. The van der Waals surface area contributed by atoms with Crippen LogP contribution in [0, 0.1) is 0 Å². The van der Waals surface area contributed by atoms with Crippen LogP contribution < -0.4 is 19.1 Å². The van der Waals surface area contributed by atoms with Gasteiger partial charge in [-0.2, -0.15) is 0 Å². The number of piperazine rings is 1. The van der Waals surface area contributed by atoms with Crippen molar-refractivity contribution in [3.05, 3.63) is 54.1 Å². The fourth-order valence-corrected chi connectivity index (χ4v) is 3.57. The summed E-state index contributed by atoms with van der Waals surface area (Å²) in [7, 11) is 3.31. The number of ether oxygens (including phenoxy) is 3. The summed E-state index contributed by atoms with van der Waals surface area (Å²) in [6, 6.07) is 13.7. The number of unbranched alkanes of at least 4 members (excludes halogenated alkanes) is 1. The average molecular weight is 425 g/mol. The van der Waals surface area contributed by atoms with Gasteiger partial charge >= 0.3 is 0 Å². The molecular weight excluding hydrogens is 392 g/mol. The van der Waals surface area contributed by atoms with Gasteiger partial charge in [-0.1, -0.05) is 31.5 Å². The van der Waals surface area contributed by atoms with Gasteiger partial charge in [-0.05, 0) is 42.3 Å². The van der Waals surface area contributed by atoms with Crippen molar-refractivity contribution in [2.45, 2.75) is 19.8 Å². The molecule has 0 radical (unpaired) electrons. The van der Waals surface area contributed by atoms with Gasteiger partial charge in [0.1, 0.15) is 5.75 Å². The average Bonchev–Trinajstić information content (AvgIpc) is 2.83. The van der Waals surface area contributed by atoms with Crippen LogP contribution in [0.1, 0.15) is 25.3 Å². The molecule has 0 unspecified atom stereocenters. The summed E-state index contributed by atoms with van der Waals surface area (Å²) in [6.45, 7) is 5.70. The van der Waals surface area contributed by atoms with E-state index < -0.39 is 0 Å². The number of rotatable bonds is 9. The van der Waals surface area contributed by atoms with Gasteiger partial charge in [0.05, 0.1) is 26.5 Å². The van der Waals surface area contributed by atoms with Gasteiger partial charge in [-0.15, -0.1) is 0 Å². The monoisotopic (exact) mass is 424 g/mol. The minimum Gasteiger partial charge on any atom is -0.495 e. The SMILES string of the molecule is CCCCOc1ccc(/C=C/C(=O)N2CCN(c3ccccc3OC)CC2)cc1OC. The molecule has 3 rings (SSSR count). The summed E-state index contributed by atoms with van der Waals surface area (Å²) in [6.07, 6.45) is 5.54. The first-order valence-electron chi connectivity index (χ1n) is 10.8. The highest BCUT2D eigenvalue weighted by atomic mass is 16.5. The summed E-state index contributed by atoms with van der Waals surface area (Å²) in [4.78, 5) is 16.8. The van der Waals surface area contributed by atoms with Crippen LogP contribution in [0.25, 0.3) is 6.08 Å². The molecule has 2 aromatic rings. The Morgan fingerprint density at radius 3 is 2.42 bits per heavy atom. The Morgan fingerprint density at radius 1 is 0.968 bits per heavy atom. The fraction of sp³-hybridized carbons (Fsp3) is 0.400. The first-order valence-corrected chi connectivity index (χ1v) is 10.8. The minimum atomic E-state index is 0.0157. The van der Waals surface area contributed by atoms with Crippen molar-refractivity contribution in [2.24, 2.45) is 0 Å². The normalized spacial score (nSPS) is 14.0. The zero-order chi connectivity index (χ0) is 22.1. The molecule has 1 fully saturated rings. The molecule has 0 atom stereocenters. The maximum absolute atomic E-state index is 12.7. The third kappa shape index (κ3) is 5.94. The van der Waals surface area contributed by atoms with E-state index in [1.807, 2.05) is 47.4 Å². The number of nitrogens with zero attached hydrogens (tertiary/aromatic N) is 2. The van der Waals surface area contributed by atoms with Crippen LogP contribution in [0.3, 0.4) is 0 Å². The summed E-state index contributed by atoms with van der Waals surface area (Å²) < 4.78 is 16.7. The number of carbonyl (C=O) groups is 1. The molecule has 0 aromatic heterocycles. The van der Waals surface area contributed by atoms with Crippen molar-refractivity contribution >= 4 is 17.7 Å². The Hall–Kier alpha value is -3.15. The van der Waals surface area contributed by atoms with E-state index in [-0.39, 0.29) is 5.91 Å². The van der Waals surface area contributed by atoms with Crippen molar-refractivity contribution in [2.75, 3.05) is 51.9 Å². The molecule has 1 heterocycles. The Labute approximate surface area is 185 Å². The zero-order valence-electron chi connectivity index (χ0n) is 18.7. The highest BCUT2D eigenvalue weighted by molar-refractivity contribution is 5.92. The van der Waals surface area contributed by atoms with E-state index in [2.05, 4.69) is 17.9 Å². The number of hydrogen-bond donors (Lipinski definition) is 0. The molecule has 6 heteroatoms. The molecule has 2 aromatic carbocycles. The van der Waals surface area contributed by atoms with E-state index >= 15 is 0 Å². The van der Waals surface area contributed by atoms with Gasteiger partial charge < -0.3 is 24.0 Å². The molecule has 0 spiro atoms. The van der Waals surface area contributed by atoms with E-state index in [0.717, 1.165) is 48.7 Å². The van der Waals surface area contributed by atoms with Crippen molar-refractivity contribution in [3.8, 4) is 17.2 Å². The fourth-order valence-electron chi connectivity index (χ4n) is 3.57. The van der Waals surface area contributed by atoms with Gasteiger partial charge in [-0.3, -0.25) is 4.79 Å². The van der Waals surface area contributed by atoms with Crippen LogP contribution in [-0.4, -0.2) is 57.8 Å². The number of para-hydroxylation sites is 2. The highest BCUT2D eigenvalue weighted by Crippen LogP contribution is 2.29. The second-order valence-corrected chi connectivity index (χ2v) is 7.43. The van der Waals surface area contributed by atoms with Gasteiger partial charge in [0, 0.05) is 32.3 Å². The molecular formula is C25H32N2O4. The molecule has 1 aliphatic rings. The number of carbonyl (C=O) groups excluding carboxylic acids is 1. The molecule has 6 nitrogen and oxygen atoms in total. The number of anilines is 1. The Kier molecular flexibility index (Phi) is 8.21. The Bertz CT molecular complexity index is 889. The molecule has 0 saturated carbocycles. The van der Waals surface area contributed by atoms with Gasteiger partial charge in [0.2, 0.25) is 5.91 Å². The first-order chi connectivity index (χ1) is 15.2. The predicted octanol–water partition coefficient (Wildman–Crippen LogP) is 4.24. The van der Waals surface area contributed by atoms with Crippen molar-refractivity contribution in [1.29, 1.82) is 0 Å². The largest absolute Gasteiger partial charge is 0.495 e. The number of amides is 1.